The van der Waals surface area contributed by atoms with Crippen molar-refractivity contribution in [3.8, 4) is 0 Å². The molecule has 0 aliphatic heterocycles. The molecule has 0 radical (unpaired) electrons. The first kappa shape index (κ1) is 8.59. The summed E-state index contributed by atoms with van der Waals surface area (Å²) in [7, 11) is 0. The van der Waals surface area contributed by atoms with E-state index in [0.717, 1.165) is 4.46 Å². The third kappa shape index (κ3) is 5.46. The van der Waals surface area contributed by atoms with Crippen LogP contribution in [0.4, 0.5) is 0 Å². The van der Waals surface area contributed by atoms with Gasteiger partial charge in [0, 0.05) is 0 Å². The molecule has 0 saturated heterocycles. The minimum atomic E-state index is 0.906. The fraction of sp³-hybridized carbons (Fsp3) is 1.00. The van der Waals surface area contributed by atoms with E-state index >= 15 is 0 Å². The molecule has 0 aliphatic carbocycles. The Bertz CT molecular complexity index is 41.9. The highest BCUT2D eigenvalue weighted by atomic mass is 127. The highest BCUT2D eigenvalue weighted by Crippen LogP contribution is 2.04. The Morgan fingerprint density at radius 2 is 2.29 bits per heavy atom. The van der Waals surface area contributed by atoms with Crippen molar-refractivity contribution in [3.63, 3.8) is 0 Å². The van der Waals surface area contributed by atoms with Gasteiger partial charge in [-0.05, 0) is 0 Å². The Labute approximate surface area is 73.3 Å². The first-order valence-corrected chi connectivity index (χ1v) is 5.28. The van der Waals surface area contributed by atoms with Crippen LogP contribution in [0.1, 0.15) is 13.3 Å². The Morgan fingerprint density at radius 1 is 1.71 bits per heavy atom. The lowest BCUT2D eigenvalue weighted by atomic mass is 9.52. The molecule has 7 heavy (non-hydrogen) atoms. The molecule has 0 atom stereocenters. The molecule has 0 unspecified atom stereocenters. The van der Waals surface area contributed by atoms with Crippen LogP contribution in [0, 0.1) is 0 Å². The molecule has 0 fully saturated rings. The summed E-state index contributed by atoms with van der Waals surface area (Å²) in [6.45, 7) is 2.23. The van der Waals surface area contributed by atoms with Gasteiger partial charge in [-0.1, -0.05) is 19.7 Å². The van der Waals surface area contributed by atoms with Crippen LogP contribution in [-0.2, 0) is 0 Å². The zero-order valence-corrected chi connectivity index (χ0v) is 8.77. The van der Waals surface area contributed by atoms with Crippen molar-refractivity contribution in [1.29, 1.82) is 0 Å². The largest absolute Gasteiger partial charge is 0.195 e. The van der Waals surface area contributed by atoms with E-state index in [1.807, 2.05) is 0 Å². The summed E-state index contributed by atoms with van der Waals surface area (Å²) in [5.41, 5.74) is 0. The van der Waals surface area contributed by atoms with Gasteiger partial charge in [0.25, 0.3) is 0 Å². The monoisotopic (exact) mass is 320 g/mol. The molecule has 0 spiro atoms. The molecule has 0 aromatic rings. The molecule has 4 heteroatoms. The maximum Gasteiger partial charge on any atom is 0.195 e. The maximum absolute atomic E-state index is 2.50. The van der Waals surface area contributed by atoms with E-state index in [1.165, 1.54) is 17.8 Å². The van der Waals surface area contributed by atoms with Gasteiger partial charge in [0.15, 0.2) is 9.49 Å². The predicted molar refractivity (Wildman–Crippen MR) is 56.0 cm³/mol. The smallest absolute Gasteiger partial charge is 0.164 e. The van der Waals surface area contributed by atoms with Crippen molar-refractivity contribution in [2.75, 3.05) is 0 Å². The summed E-state index contributed by atoms with van der Waals surface area (Å²) < 4.78 is 0.906. The van der Waals surface area contributed by atoms with Crippen LogP contribution in [0.3, 0.4) is 0 Å². The molecule has 0 aromatic heterocycles. The predicted octanol–water partition coefficient (Wildman–Crippen LogP) is 2.11. The van der Waals surface area contributed by atoms with Crippen LogP contribution in [0.15, 0.2) is 0 Å². The van der Waals surface area contributed by atoms with Crippen molar-refractivity contribution in [1.82, 2.24) is 0 Å². The van der Waals surface area contributed by atoms with Crippen LogP contribution < -0.4 is 0 Å². The van der Waals surface area contributed by atoms with E-state index < -0.39 is 0 Å². The third-order valence-corrected chi connectivity index (χ3v) is 4.58. The number of rotatable bonds is 3. The van der Waals surface area contributed by atoms with Crippen LogP contribution in [0.25, 0.3) is 0 Å². The fourth-order valence-corrected chi connectivity index (χ4v) is 1.45. The van der Waals surface area contributed by atoms with E-state index in [0.29, 0.717) is 0 Å². The Balaban J connectivity index is 2.83. The Hall–Kier alpha value is 1.59. The second-order valence-electron chi connectivity index (χ2n) is 1.54. The van der Waals surface area contributed by atoms with Crippen LogP contribution in [-0.4, -0.2) is 9.49 Å². The maximum atomic E-state index is 2.50. The molecule has 0 heterocycles. The SMILES string of the molecule is CCCB(I)BI. The van der Waals surface area contributed by atoms with Gasteiger partial charge in [0.2, 0.25) is 0 Å². The van der Waals surface area contributed by atoms with Gasteiger partial charge in [0.05, 0.1) is 0 Å². The van der Waals surface area contributed by atoms with Crippen LogP contribution in [0.2, 0.25) is 6.32 Å². The topological polar surface area (TPSA) is 0 Å². The van der Waals surface area contributed by atoms with Gasteiger partial charge in [0.1, 0.15) is 0 Å². The van der Waals surface area contributed by atoms with E-state index in [9.17, 15) is 0 Å². The molecule has 40 valence electrons. The highest BCUT2D eigenvalue weighted by molar-refractivity contribution is 14.2. The first-order valence-electron chi connectivity index (χ1n) is 2.51. The first-order chi connectivity index (χ1) is 3.31. The lowest BCUT2D eigenvalue weighted by molar-refractivity contribution is 1.08. The van der Waals surface area contributed by atoms with Gasteiger partial charge in [-0.3, -0.25) is 0 Å². The lowest BCUT2D eigenvalue weighted by Crippen LogP contribution is -2.06. The fourth-order valence-electron chi connectivity index (χ4n) is 0.390. The van der Waals surface area contributed by atoms with Crippen molar-refractivity contribution < 1.29 is 0 Å². The highest BCUT2D eigenvalue weighted by Gasteiger charge is 2.04. The molecule has 0 bridgehead atoms. The van der Waals surface area contributed by atoms with E-state index in [4.69, 9.17) is 0 Å². The molecule has 0 aromatic carbocycles. The van der Waals surface area contributed by atoms with E-state index in [1.54, 1.807) is 0 Å². The number of hydrogen-bond donors (Lipinski definition) is 0. The summed E-state index contributed by atoms with van der Waals surface area (Å²) in [5, 5.41) is 1.30. The molecule has 0 rings (SSSR count). The van der Waals surface area contributed by atoms with E-state index in [2.05, 4.69) is 51.7 Å². The van der Waals surface area contributed by atoms with Crippen molar-refractivity contribution in [2.45, 2.75) is 19.7 Å². The summed E-state index contributed by atoms with van der Waals surface area (Å²) in [4.78, 5) is 0. The normalized spacial score (nSPS) is 8.43. The minimum absolute atomic E-state index is 0.906. The zero-order chi connectivity index (χ0) is 5.70. The third-order valence-electron chi connectivity index (χ3n) is 0.769. The average molecular weight is 320 g/mol. The molecule has 0 saturated carbocycles. The second-order valence-corrected chi connectivity index (χ2v) is 4.18. The van der Waals surface area contributed by atoms with E-state index in [-0.39, 0.29) is 0 Å². The molecule has 0 amide bonds. The molecule has 0 N–H and O–H groups in total. The Kier molecular flexibility index (Phi) is 7.02. The number of hydrogen-bond acceptors (Lipinski definition) is 0. The van der Waals surface area contributed by atoms with Crippen molar-refractivity contribution in [3.05, 3.63) is 0 Å². The zero-order valence-electron chi connectivity index (χ0n) is 4.45. The van der Waals surface area contributed by atoms with Gasteiger partial charge < -0.3 is 0 Å². The van der Waals surface area contributed by atoms with Gasteiger partial charge in [-0.25, -0.2) is 0 Å². The second kappa shape index (κ2) is 5.72. The number of halogens is 2. The summed E-state index contributed by atoms with van der Waals surface area (Å²) in [6, 6.07) is 0. The molecule has 0 nitrogen and oxygen atoms in total. The van der Waals surface area contributed by atoms with Gasteiger partial charge in [-0.15, -0.1) is 0 Å². The Morgan fingerprint density at radius 3 is 2.43 bits per heavy atom. The average Bonchev–Trinajstić information content (AvgIpc) is 1.68. The standard InChI is InChI=1S/C3H8B2I2/c1-2-3-5(7)4-6/h4H,2-3H2,1H3. The van der Waals surface area contributed by atoms with Crippen LogP contribution >= 0.6 is 44.7 Å². The molecular formula is C3H8B2I2. The summed E-state index contributed by atoms with van der Waals surface area (Å²) in [5.74, 6) is 0. The van der Waals surface area contributed by atoms with Crippen molar-refractivity contribution in [2.24, 2.45) is 0 Å². The van der Waals surface area contributed by atoms with Gasteiger partial charge in [-0.2, -0.15) is 44.7 Å². The minimum Gasteiger partial charge on any atom is -0.164 e. The van der Waals surface area contributed by atoms with Crippen LogP contribution in [0.5, 0.6) is 0 Å². The summed E-state index contributed by atoms with van der Waals surface area (Å²) >= 11 is 4.93. The van der Waals surface area contributed by atoms with Gasteiger partial charge >= 0.3 is 0 Å². The molecular weight excluding hydrogens is 311 g/mol. The van der Waals surface area contributed by atoms with Crippen molar-refractivity contribution >= 4 is 54.2 Å². The molecule has 0 aliphatic rings. The summed E-state index contributed by atoms with van der Waals surface area (Å²) in [6.07, 6.45) is 2.71. The quantitative estimate of drug-likeness (QED) is 0.552. The lowest BCUT2D eigenvalue weighted by Gasteiger charge is -1.93.